The molecule has 10 heteroatoms. The highest BCUT2D eigenvalue weighted by atomic mass is 31.2. The van der Waals surface area contributed by atoms with Crippen molar-refractivity contribution < 1.29 is 36.5 Å². The number of ether oxygens (including phenoxy) is 3. The van der Waals surface area contributed by atoms with Gasteiger partial charge in [0.15, 0.2) is 5.90 Å². The summed E-state index contributed by atoms with van der Waals surface area (Å²) in [4.78, 5) is 4.67. The van der Waals surface area contributed by atoms with E-state index in [0.29, 0.717) is 37.1 Å². The van der Waals surface area contributed by atoms with Gasteiger partial charge >= 0.3 is 6.18 Å². The maximum Gasteiger partial charge on any atom is 0.419 e. The molecule has 2 aromatic rings. The van der Waals surface area contributed by atoms with Gasteiger partial charge in [0.2, 0.25) is 7.37 Å². The highest BCUT2D eigenvalue weighted by molar-refractivity contribution is 7.62. The Balaban J connectivity index is 1.72. The Bertz CT molecular complexity index is 1280. The average molecular weight is 612 g/mol. The molecular formula is C32H45F3NO5P. The number of para-hydroxylation sites is 1. The summed E-state index contributed by atoms with van der Waals surface area (Å²) in [6.07, 6.45) is -2.75. The smallest absolute Gasteiger partial charge is 0.419 e. The first kappa shape index (κ1) is 34.0. The molecule has 0 saturated heterocycles. The van der Waals surface area contributed by atoms with Gasteiger partial charge in [-0.2, -0.15) is 13.2 Å². The van der Waals surface area contributed by atoms with E-state index < -0.39 is 35.0 Å². The molecule has 0 fully saturated rings. The van der Waals surface area contributed by atoms with Gasteiger partial charge < -0.3 is 18.7 Å². The molecule has 0 bridgehead atoms. The van der Waals surface area contributed by atoms with Crippen molar-refractivity contribution in [3.05, 3.63) is 59.2 Å². The molecule has 1 heterocycles. The number of halogens is 3. The van der Waals surface area contributed by atoms with Crippen molar-refractivity contribution in [3.8, 4) is 11.5 Å². The predicted octanol–water partition coefficient (Wildman–Crippen LogP) is 8.74. The lowest BCUT2D eigenvalue weighted by Gasteiger charge is -2.41. The maximum absolute atomic E-state index is 14.1. The van der Waals surface area contributed by atoms with Crippen LogP contribution in [0.15, 0.2) is 47.5 Å². The zero-order chi connectivity index (χ0) is 31.4. The molecule has 1 atom stereocenters. The van der Waals surface area contributed by atoms with Crippen molar-refractivity contribution in [2.45, 2.75) is 96.2 Å². The van der Waals surface area contributed by atoms with E-state index in [1.807, 2.05) is 65.8 Å². The van der Waals surface area contributed by atoms with Gasteiger partial charge in [0.25, 0.3) is 0 Å². The third-order valence-corrected chi connectivity index (χ3v) is 11.5. The maximum atomic E-state index is 14.1. The van der Waals surface area contributed by atoms with Gasteiger partial charge in [-0.25, -0.2) is 4.99 Å². The van der Waals surface area contributed by atoms with E-state index in [4.69, 9.17) is 18.7 Å². The molecule has 0 aliphatic carbocycles. The monoisotopic (exact) mass is 611 g/mol. The number of hydrogen-bond donors (Lipinski definition) is 0. The Kier molecular flexibility index (Phi) is 10.5. The van der Waals surface area contributed by atoms with E-state index in [-0.39, 0.29) is 25.6 Å². The second-order valence-corrected chi connectivity index (χ2v) is 16.9. The molecule has 0 radical (unpaired) electrons. The fourth-order valence-electron chi connectivity index (χ4n) is 5.33. The molecule has 1 unspecified atom stereocenters. The average Bonchev–Trinajstić information content (AvgIpc) is 3.28. The zero-order valence-electron chi connectivity index (χ0n) is 26.1. The Morgan fingerprint density at radius 3 is 2.21 bits per heavy atom. The minimum atomic E-state index is -4.58. The van der Waals surface area contributed by atoms with Crippen LogP contribution in [0.4, 0.5) is 13.2 Å². The van der Waals surface area contributed by atoms with Crippen LogP contribution in [0.25, 0.3) is 0 Å². The van der Waals surface area contributed by atoms with Gasteiger partial charge in [-0.15, -0.1) is 0 Å². The molecule has 0 spiro atoms. The number of methoxy groups -OCH3 is 1. The molecule has 6 nitrogen and oxygen atoms in total. The first-order valence-corrected chi connectivity index (χ1v) is 15.9. The number of hydrogen-bond acceptors (Lipinski definition) is 6. The van der Waals surface area contributed by atoms with Crippen LogP contribution in [-0.4, -0.2) is 48.7 Å². The van der Waals surface area contributed by atoms with E-state index in [9.17, 15) is 17.7 Å². The van der Waals surface area contributed by atoms with Crippen molar-refractivity contribution >= 4 is 13.3 Å². The zero-order valence-corrected chi connectivity index (χ0v) is 27.0. The van der Waals surface area contributed by atoms with Gasteiger partial charge in [-0.05, 0) is 55.0 Å². The Labute approximate surface area is 248 Å². The quantitative estimate of drug-likeness (QED) is 0.177. The Morgan fingerprint density at radius 2 is 1.64 bits per heavy atom. The van der Waals surface area contributed by atoms with Crippen LogP contribution in [-0.2, 0) is 32.8 Å². The number of alkyl halides is 3. The lowest BCUT2D eigenvalue weighted by atomic mass is 9.93. The summed E-state index contributed by atoms with van der Waals surface area (Å²) in [7, 11) is -1.58. The fourth-order valence-corrected chi connectivity index (χ4v) is 8.54. The predicted molar refractivity (Wildman–Crippen MR) is 161 cm³/mol. The normalized spacial score (nSPS) is 18.0. The van der Waals surface area contributed by atoms with Crippen LogP contribution in [0.3, 0.4) is 0 Å². The molecule has 0 aromatic heterocycles. The minimum absolute atomic E-state index is 0.0513. The highest BCUT2D eigenvalue weighted by Crippen LogP contribution is 2.67. The highest BCUT2D eigenvalue weighted by Gasteiger charge is 2.50. The summed E-state index contributed by atoms with van der Waals surface area (Å²) in [5.74, 6) is 1.03. The van der Waals surface area contributed by atoms with Gasteiger partial charge in [-0.3, -0.25) is 4.57 Å². The molecule has 0 amide bonds. The van der Waals surface area contributed by atoms with Crippen LogP contribution in [0.1, 0.15) is 78.0 Å². The molecule has 1 aliphatic heterocycles. The molecule has 3 rings (SSSR count). The fraction of sp³-hybridized carbons (Fsp3) is 0.594. The SMILES string of the molecule is COc1ccccc1CCCOc1ccc(CCC2(COP(=O)(C(C)(C)C)C(C)(C)C)COC(C)=N2)cc1C(F)(F)F. The van der Waals surface area contributed by atoms with Crippen LogP contribution in [0, 0.1) is 0 Å². The molecule has 42 heavy (non-hydrogen) atoms. The molecule has 1 aliphatic rings. The number of aliphatic imine (C=N–C) groups is 1. The van der Waals surface area contributed by atoms with E-state index in [1.165, 1.54) is 6.07 Å². The second-order valence-electron chi connectivity index (χ2n) is 12.9. The van der Waals surface area contributed by atoms with Crippen LogP contribution < -0.4 is 9.47 Å². The molecular weight excluding hydrogens is 566 g/mol. The second kappa shape index (κ2) is 13.0. The Morgan fingerprint density at radius 1 is 0.976 bits per heavy atom. The largest absolute Gasteiger partial charge is 0.496 e. The summed E-state index contributed by atoms with van der Waals surface area (Å²) < 4.78 is 79.1. The van der Waals surface area contributed by atoms with Gasteiger partial charge in [0.05, 0.1) is 25.9 Å². The van der Waals surface area contributed by atoms with Crippen molar-refractivity contribution in [1.29, 1.82) is 0 Å². The third-order valence-electron chi connectivity index (χ3n) is 7.49. The van der Waals surface area contributed by atoms with Gasteiger partial charge in [0, 0.05) is 17.2 Å². The summed E-state index contributed by atoms with van der Waals surface area (Å²) in [6, 6.07) is 11.7. The van der Waals surface area contributed by atoms with Crippen molar-refractivity contribution in [2.75, 3.05) is 26.9 Å². The molecule has 234 valence electrons. The first-order chi connectivity index (χ1) is 19.4. The number of benzene rings is 2. The number of nitrogens with zero attached hydrogens (tertiary/aromatic N) is 1. The van der Waals surface area contributed by atoms with E-state index in [1.54, 1.807) is 20.1 Å². The van der Waals surface area contributed by atoms with Crippen LogP contribution >= 0.6 is 7.37 Å². The molecule has 0 N–H and O–H groups in total. The lowest BCUT2D eigenvalue weighted by molar-refractivity contribution is -0.139. The van der Waals surface area contributed by atoms with Crippen molar-refractivity contribution in [2.24, 2.45) is 4.99 Å². The number of aryl methyl sites for hydroxylation is 2. The van der Waals surface area contributed by atoms with E-state index in [2.05, 4.69) is 4.99 Å². The topological polar surface area (TPSA) is 66.4 Å². The van der Waals surface area contributed by atoms with E-state index >= 15 is 0 Å². The number of rotatable bonds is 12. The standard InChI is InChI=1S/C32H45F3NO5P/c1-23-36-31(21-40-23,22-41-42(37,29(2,3)4)30(5,6)7)18-17-24-15-16-28(26(20-24)32(33,34)35)39-19-11-13-25-12-9-10-14-27(25)38-8/h9-10,12,14-16,20H,11,13,17-19,21-22H2,1-8H3. The van der Waals surface area contributed by atoms with Crippen molar-refractivity contribution in [3.63, 3.8) is 0 Å². The summed E-state index contributed by atoms with van der Waals surface area (Å²) in [6.45, 7) is 13.5. The summed E-state index contributed by atoms with van der Waals surface area (Å²) in [5, 5.41) is -1.20. The van der Waals surface area contributed by atoms with Gasteiger partial charge in [0.1, 0.15) is 23.6 Å². The molecule has 2 aromatic carbocycles. The van der Waals surface area contributed by atoms with Crippen LogP contribution in [0.5, 0.6) is 11.5 Å². The first-order valence-electron chi connectivity index (χ1n) is 14.3. The Hall–Kier alpha value is -2.51. The van der Waals surface area contributed by atoms with Crippen LogP contribution in [0.2, 0.25) is 0 Å². The van der Waals surface area contributed by atoms with E-state index in [0.717, 1.165) is 17.4 Å². The van der Waals surface area contributed by atoms with Gasteiger partial charge in [-0.1, -0.05) is 65.8 Å². The van der Waals surface area contributed by atoms with Crippen molar-refractivity contribution in [1.82, 2.24) is 0 Å². The summed E-state index contributed by atoms with van der Waals surface area (Å²) >= 11 is 0. The molecule has 0 saturated carbocycles. The summed E-state index contributed by atoms with van der Waals surface area (Å²) in [5.41, 5.74) is -0.182. The lowest BCUT2D eigenvalue weighted by Crippen LogP contribution is -2.38. The third kappa shape index (κ3) is 8.10. The minimum Gasteiger partial charge on any atom is -0.496 e.